The minimum atomic E-state index is -3.72. The van der Waals surface area contributed by atoms with E-state index >= 15 is 0 Å². The Kier molecular flexibility index (Phi) is 3.21. The average Bonchev–Trinajstić information content (AvgIpc) is 2.28. The van der Waals surface area contributed by atoms with E-state index in [2.05, 4.69) is 0 Å². The van der Waals surface area contributed by atoms with Crippen LogP contribution in [0.5, 0.6) is 5.75 Å². The van der Waals surface area contributed by atoms with Crippen LogP contribution in [0.25, 0.3) is 10.8 Å². The molecule has 0 aliphatic rings. The molecule has 0 unspecified atom stereocenters. The molecular weight excluding hydrogens is 283 g/mol. The van der Waals surface area contributed by atoms with Crippen molar-refractivity contribution in [2.24, 2.45) is 0 Å². The van der Waals surface area contributed by atoms with Crippen LogP contribution in [0.1, 0.15) is 0 Å². The Morgan fingerprint density at radius 2 is 1.88 bits per heavy atom. The topological polar surface area (TPSA) is 43.4 Å². The van der Waals surface area contributed by atoms with Crippen molar-refractivity contribution in [1.29, 1.82) is 0 Å². The molecule has 0 amide bonds. The third-order valence-electron chi connectivity index (χ3n) is 2.39. The summed E-state index contributed by atoms with van der Waals surface area (Å²) in [5, 5.41) is 1.86. The van der Waals surface area contributed by atoms with Crippen molar-refractivity contribution in [3.05, 3.63) is 35.4 Å². The van der Waals surface area contributed by atoms with Crippen LogP contribution in [-0.2, 0) is 9.05 Å². The molecule has 0 fully saturated rings. The van der Waals surface area contributed by atoms with Crippen LogP contribution < -0.4 is 4.74 Å². The van der Waals surface area contributed by atoms with Gasteiger partial charge in [-0.05, 0) is 23.6 Å². The number of methoxy groups -OCH3 is 1. The van der Waals surface area contributed by atoms with Crippen LogP contribution in [0.2, 0.25) is 5.02 Å². The van der Waals surface area contributed by atoms with Crippen LogP contribution in [0, 0.1) is 0 Å². The number of halogens is 2. The first-order chi connectivity index (χ1) is 7.93. The highest BCUT2D eigenvalue weighted by molar-refractivity contribution is 8.13. The van der Waals surface area contributed by atoms with E-state index in [1.54, 1.807) is 18.2 Å². The van der Waals surface area contributed by atoms with Gasteiger partial charge < -0.3 is 4.74 Å². The van der Waals surface area contributed by atoms with Crippen molar-refractivity contribution in [3.63, 3.8) is 0 Å². The summed E-state index contributed by atoms with van der Waals surface area (Å²) in [5.74, 6) is 0.542. The van der Waals surface area contributed by atoms with Crippen molar-refractivity contribution in [2.45, 2.75) is 4.90 Å². The lowest BCUT2D eigenvalue weighted by Crippen LogP contribution is -1.91. The summed E-state index contributed by atoms with van der Waals surface area (Å²) in [6.07, 6.45) is 0. The summed E-state index contributed by atoms with van der Waals surface area (Å²) < 4.78 is 27.5. The van der Waals surface area contributed by atoms with E-state index < -0.39 is 9.05 Å². The van der Waals surface area contributed by atoms with Crippen molar-refractivity contribution in [2.75, 3.05) is 7.11 Å². The third-order valence-corrected chi connectivity index (χ3v) is 4.13. The Balaban J connectivity index is 2.74. The van der Waals surface area contributed by atoms with E-state index in [-0.39, 0.29) is 4.90 Å². The van der Waals surface area contributed by atoms with Gasteiger partial charge in [-0.15, -0.1) is 0 Å². The zero-order chi connectivity index (χ0) is 12.6. The number of hydrogen-bond acceptors (Lipinski definition) is 3. The van der Waals surface area contributed by atoms with Crippen LogP contribution >= 0.6 is 22.3 Å². The number of fused-ring (bicyclic) bond motifs is 1. The molecule has 0 saturated heterocycles. The maximum absolute atomic E-state index is 11.2. The van der Waals surface area contributed by atoms with E-state index in [9.17, 15) is 8.42 Å². The van der Waals surface area contributed by atoms with E-state index in [0.717, 1.165) is 5.39 Å². The van der Waals surface area contributed by atoms with Gasteiger partial charge in [-0.3, -0.25) is 0 Å². The standard InChI is InChI=1S/C11H8Cl2O3S/c1-16-10-5-2-7-6-8(17(13,14)15)3-4-9(7)11(10)12/h2-6H,1H3. The highest BCUT2D eigenvalue weighted by atomic mass is 35.7. The quantitative estimate of drug-likeness (QED) is 0.796. The zero-order valence-corrected chi connectivity index (χ0v) is 11.1. The van der Waals surface area contributed by atoms with Crippen molar-refractivity contribution in [3.8, 4) is 5.75 Å². The lowest BCUT2D eigenvalue weighted by molar-refractivity contribution is 0.415. The van der Waals surface area contributed by atoms with E-state index in [4.69, 9.17) is 27.0 Å². The van der Waals surface area contributed by atoms with Gasteiger partial charge in [0, 0.05) is 16.1 Å². The van der Waals surface area contributed by atoms with Crippen molar-refractivity contribution < 1.29 is 13.2 Å². The third kappa shape index (κ3) is 2.34. The molecule has 6 heteroatoms. The molecule has 0 saturated carbocycles. The SMILES string of the molecule is COc1ccc2cc(S(=O)(=O)Cl)ccc2c1Cl. The molecule has 0 atom stereocenters. The molecule has 0 N–H and O–H groups in total. The van der Waals surface area contributed by atoms with Gasteiger partial charge in [-0.25, -0.2) is 8.42 Å². The maximum atomic E-state index is 11.2. The number of hydrogen-bond donors (Lipinski definition) is 0. The fourth-order valence-corrected chi connectivity index (χ4v) is 2.66. The van der Waals surface area contributed by atoms with Gasteiger partial charge in [0.2, 0.25) is 0 Å². The molecule has 0 aliphatic heterocycles. The first-order valence-electron chi connectivity index (χ1n) is 4.64. The monoisotopic (exact) mass is 290 g/mol. The Labute approximate surface area is 108 Å². The van der Waals surface area contributed by atoms with E-state index in [0.29, 0.717) is 16.2 Å². The summed E-state index contributed by atoms with van der Waals surface area (Å²) in [7, 11) is 3.07. The Bertz CT molecular complexity index is 680. The zero-order valence-electron chi connectivity index (χ0n) is 8.78. The van der Waals surface area contributed by atoms with Crippen molar-refractivity contribution in [1.82, 2.24) is 0 Å². The van der Waals surface area contributed by atoms with Gasteiger partial charge in [0.05, 0.1) is 17.0 Å². The summed E-state index contributed by atoms with van der Waals surface area (Å²) in [5.41, 5.74) is 0. The predicted molar refractivity (Wildman–Crippen MR) is 68.5 cm³/mol. The van der Waals surface area contributed by atoms with Gasteiger partial charge in [0.15, 0.2) is 0 Å². The largest absolute Gasteiger partial charge is 0.495 e. The summed E-state index contributed by atoms with van der Waals surface area (Å²) in [4.78, 5) is 0.0490. The minimum Gasteiger partial charge on any atom is -0.495 e. The van der Waals surface area contributed by atoms with Gasteiger partial charge in [-0.1, -0.05) is 23.7 Å². The normalized spacial score (nSPS) is 11.7. The van der Waals surface area contributed by atoms with Gasteiger partial charge in [0.25, 0.3) is 9.05 Å². The molecule has 3 nitrogen and oxygen atoms in total. The van der Waals surface area contributed by atoms with Crippen molar-refractivity contribution >= 4 is 42.1 Å². The molecule has 0 spiro atoms. The molecule has 0 radical (unpaired) electrons. The lowest BCUT2D eigenvalue weighted by atomic mass is 10.1. The fourth-order valence-electron chi connectivity index (χ4n) is 1.56. The average molecular weight is 291 g/mol. The number of ether oxygens (including phenoxy) is 1. The summed E-state index contributed by atoms with van der Waals surface area (Å²) in [6, 6.07) is 7.90. The van der Waals surface area contributed by atoms with Gasteiger partial charge in [-0.2, -0.15) is 0 Å². The Morgan fingerprint density at radius 3 is 2.47 bits per heavy atom. The second-order valence-corrected chi connectivity index (χ2v) is 6.35. The number of rotatable bonds is 2. The molecule has 2 aromatic carbocycles. The molecule has 2 aromatic rings. The molecule has 0 bridgehead atoms. The van der Waals surface area contributed by atoms with Crippen LogP contribution in [-0.4, -0.2) is 15.5 Å². The smallest absolute Gasteiger partial charge is 0.261 e. The van der Waals surface area contributed by atoms with Crippen LogP contribution in [0.3, 0.4) is 0 Å². The molecule has 0 aliphatic carbocycles. The second-order valence-electron chi connectivity index (χ2n) is 3.40. The van der Waals surface area contributed by atoms with E-state index in [1.807, 2.05) is 0 Å². The Hall–Kier alpha value is -0.970. The fraction of sp³-hybridized carbons (Fsp3) is 0.0909. The Morgan fingerprint density at radius 1 is 1.18 bits per heavy atom. The molecule has 0 heterocycles. The molecule has 2 rings (SSSR count). The molecular formula is C11H8Cl2O3S. The molecule has 17 heavy (non-hydrogen) atoms. The highest BCUT2D eigenvalue weighted by Crippen LogP contribution is 2.33. The summed E-state index contributed by atoms with van der Waals surface area (Å²) >= 11 is 6.10. The summed E-state index contributed by atoms with van der Waals surface area (Å²) in [6.45, 7) is 0. The van der Waals surface area contributed by atoms with Gasteiger partial charge in [0.1, 0.15) is 5.75 Å². The first-order valence-corrected chi connectivity index (χ1v) is 7.33. The lowest BCUT2D eigenvalue weighted by Gasteiger charge is -2.07. The highest BCUT2D eigenvalue weighted by Gasteiger charge is 2.12. The number of benzene rings is 2. The maximum Gasteiger partial charge on any atom is 0.261 e. The van der Waals surface area contributed by atoms with Gasteiger partial charge >= 0.3 is 0 Å². The van der Waals surface area contributed by atoms with E-state index in [1.165, 1.54) is 19.2 Å². The predicted octanol–water partition coefficient (Wildman–Crippen LogP) is 3.43. The molecule has 0 aromatic heterocycles. The molecule has 90 valence electrons. The van der Waals surface area contributed by atoms with Crippen LogP contribution in [0.15, 0.2) is 35.2 Å². The minimum absolute atomic E-state index is 0.0490. The first kappa shape index (κ1) is 12.5. The van der Waals surface area contributed by atoms with Crippen LogP contribution in [0.4, 0.5) is 0 Å². The second kappa shape index (κ2) is 4.37.